The number of aromatic nitrogens is 2. The summed E-state index contributed by atoms with van der Waals surface area (Å²) in [6.07, 6.45) is 0.293. The second kappa shape index (κ2) is 6.64. The largest absolute Gasteiger partial charge is 0.307 e. The molecule has 0 saturated carbocycles. The lowest BCUT2D eigenvalue weighted by Crippen LogP contribution is -2.32. The summed E-state index contributed by atoms with van der Waals surface area (Å²) in [6, 6.07) is 7.86. The number of carbonyl (C=O) groups is 1. The number of carbonyl (C=O) groups excluding carboxylic acids is 1. The predicted octanol–water partition coefficient (Wildman–Crippen LogP) is 3.27. The smallest absolute Gasteiger partial charge is 0.303 e. The van der Waals surface area contributed by atoms with Gasteiger partial charge < -0.3 is 4.57 Å². The number of fused-ring (bicyclic) bond motifs is 1. The first-order valence-electron chi connectivity index (χ1n) is 7.41. The number of hydrogen-bond acceptors (Lipinski definition) is 5. The van der Waals surface area contributed by atoms with E-state index in [1.807, 2.05) is 43.5 Å². The van der Waals surface area contributed by atoms with Gasteiger partial charge in [-0.25, -0.2) is 4.98 Å². The van der Waals surface area contributed by atoms with Crippen LogP contribution >= 0.6 is 22.7 Å². The molecule has 120 valence electrons. The lowest BCUT2D eigenvalue weighted by atomic mass is 10.3. The number of para-hydroxylation sites is 1. The maximum Gasteiger partial charge on any atom is 0.307 e. The Morgan fingerprint density at radius 3 is 2.78 bits per heavy atom. The Morgan fingerprint density at radius 1 is 1.35 bits per heavy atom. The summed E-state index contributed by atoms with van der Waals surface area (Å²) in [5, 5.41) is 2.53. The van der Waals surface area contributed by atoms with E-state index in [9.17, 15) is 9.59 Å². The van der Waals surface area contributed by atoms with Crippen LogP contribution in [-0.4, -0.2) is 22.0 Å². The lowest BCUT2D eigenvalue weighted by Gasteiger charge is -2.17. The van der Waals surface area contributed by atoms with Crippen molar-refractivity contribution in [3.8, 4) is 0 Å². The van der Waals surface area contributed by atoms with Crippen molar-refractivity contribution in [3.63, 3.8) is 0 Å². The fourth-order valence-electron chi connectivity index (χ4n) is 2.41. The molecule has 7 heteroatoms. The standard InChI is InChI=1S/C16H17N3O2S2/c1-3-18(15-17-12-6-4-5-7-13(12)23-15)14(20)8-9-19-11(2)10-22-16(19)21/h4-7,10H,3,8-9H2,1-2H3. The quantitative estimate of drug-likeness (QED) is 0.712. The highest BCUT2D eigenvalue weighted by Crippen LogP contribution is 2.28. The van der Waals surface area contributed by atoms with E-state index in [0.717, 1.165) is 15.9 Å². The van der Waals surface area contributed by atoms with Gasteiger partial charge in [0.25, 0.3) is 0 Å². The van der Waals surface area contributed by atoms with E-state index < -0.39 is 0 Å². The third-order valence-corrected chi connectivity index (χ3v) is 5.60. The second-order valence-corrected chi connectivity index (χ2v) is 6.98. The summed E-state index contributed by atoms with van der Waals surface area (Å²) in [7, 11) is 0. The molecule has 2 aromatic heterocycles. The first-order chi connectivity index (χ1) is 11.1. The van der Waals surface area contributed by atoms with Gasteiger partial charge in [0, 0.05) is 30.6 Å². The molecule has 0 aliphatic heterocycles. The summed E-state index contributed by atoms with van der Waals surface area (Å²) in [4.78, 5) is 30.5. The Labute approximate surface area is 141 Å². The highest BCUT2D eigenvalue weighted by Gasteiger charge is 2.18. The highest BCUT2D eigenvalue weighted by atomic mass is 32.1. The maximum absolute atomic E-state index is 12.5. The maximum atomic E-state index is 12.5. The molecule has 23 heavy (non-hydrogen) atoms. The summed E-state index contributed by atoms with van der Waals surface area (Å²) < 4.78 is 2.72. The highest BCUT2D eigenvalue weighted by molar-refractivity contribution is 7.22. The van der Waals surface area contributed by atoms with Gasteiger partial charge in [0.15, 0.2) is 5.13 Å². The Balaban J connectivity index is 1.77. The third kappa shape index (κ3) is 3.20. The van der Waals surface area contributed by atoms with Crippen molar-refractivity contribution in [2.75, 3.05) is 11.4 Å². The van der Waals surface area contributed by atoms with Gasteiger partial charge in [-0.2, -0.15) is 0 Å². The second-order valence-electron chi connectivity index (χ2n) is 5.15. The molecule has 0 aliphatic carbocycles. The number of hydrogen-bond donors (Lipinski definition) is 0. The number of benzene rings is 1. The van der Waals surface area contributed by atoms with Crippen molar-refractivity contribution >= 4 is 43.9 Å². The van der Waals surface area contributed by atoms with Crippen LogP contribution in [0.3, 0.4) is 0 Å². The van der Waals surface area contributed by atoms with Crippen molar-refractivity contribution in [2.24, 2.45) is 0 Å². The average molecular weight is 347 g/mol. The lowest BCUT2D eigenvalue weighted by molar-refractivity contribution is -0.118. The topological polar surface area (TPSA) is 55.2 Å². The predicted molar refractivity (Wildman–Crippen MR) is 95.6 cm³/mol. The summed E-state index contributed by atoms with van der Waals surface area (Å²) in [5.41, 5.74) is 1.81. The molecular weight excluding hydrogens is 330 g/mol. The Hall–Kier alpha value is -1.99. The zero-order valence-corrected chi connectivity index (χ0v) is 14.6. The van der Waals surface area contributed by atoms with Gasteiger partial charge in [0.05, 0.1) is 10.2 Å². The molecule has 2 heterocycles. The van der Waals surface area contributed by atoms with Gasteiger partial charge in [-0.05, 0) is 26.0 Å². The fraction of sp³-hybridized carbons (Fsp3) is 0.312. The number of thiazole rings is 2. The zero-order valence-electron chi connectivity index (χ0n) is 13.0. The number of anilines is 1. The van der Waals surface area contributed by atoms with Crippen LogP contribution in [0, 0.1) is 6.92 Å². The van der Waals surface area contributed by atoms with Gasteiger partial charge in [0.1, 0.15) is 0 Å². The molecule has 0 radical (unpaired) electrons. The van der Waals surface area contributed by atoms with Crippen LogP contribution in [-0.2, 0) is 11.3 Å². The van der Waals surface area contributed by atoms with Gasteiger partial charge in [-0.1, -0.05) is 34.8 Å². The van der Waals surface area contributed by atoms with Crippen LogP contribution in [0.1, 0.15) is 19.0 Å². The Morgan fingerprint density at radius 2 is 2.13 bits per heavy atom. The molecule has 1 amide bonds. The van der Waals surface area contributed by atoms with Crippen molar-refractivity contribution in [2.45, 2.75) is 26.8 Å². The number of amides is 1. The minimum atomic E-state index is -0.0154. The number of rotatable bonds is 5. The molecule has 3 aromatic rings. The first kappa shape index (κ1) is 15.9. The summed E-state index contributed by atoms with van der Waals surface area (Å²) in [6.45, 7) is 4.80. The van der Waals surface area contributed by atoms with Crippen LogP contribution in [0.4, 0.5) is 5.13 Å². The van der Waals surface area contributed by atoms with Crippen molar-refractivity contribution in [3.05, 3.63) is 45.0 Å². The van der Waals surface area contributed by atoms with Crippen LogP contribution in [0.25, 0.3) is 10.2 Å². The van der Waals surface area contributed by atoms with Gasteiger partial charge in [-0.15, -0.1) is 0 Å². The van der Waals surface area contributed by atoms with Crippen molar-refractivity contribution < 1.29 is 4.79 Å². The zero-order chi connectivity index (χ0) is 16.4. The first-order valence-corrected chi connectivity index (χ1v) is 9.10. The fourth-order valence-corrected chi connectivity index (χ4v) is 4.22. The van der Waals surface area contributed by atoms with E-state index >= 15 is 0 Å². The molecule has 0 aliphatic rings. The molecule has 3 rings (SSSR count). The third-order valence-electron chi connectivity index (χ3n) is 3.66. The Bertz CT molecular complexity index is 861. The molecule has 0 N–H and O–H groups in total. The summed E-state index contributed by atoms with van der Waals surface area (Å²) in [5.74, 6) is -0.0101. The van der Waals surface area contributed by atoms with Gasteiger partial charge >= 0.3 is 4.87 Å². The van der Waals surface area contributed by atoms with E-state index in [4.69, 9.17) is 0 Å². The molecule has 0 saturated heterocycles. The van der Waals surface area contributed by atoms with Gasteiger partial charge in [-0.3, -0.25) is 14.5 Å². The van der Waals surface area contributed by atoms with Crippen LogP contribution in [0.15, 0.2) is 34.4 Å². The summed E-state index contributed by atoms with van der Waals surface area (Å²) >= 11 is 2.68. The molecular formula is C16H17N3O2S2. The van der Waals surface area contributed by atoms with Crippen LogP contribution in [0.5, 0.6) is 0 Å². The van der Waals surface area contributed by atoms with E-state index in [0.29, 0.717) is 24.6 Å². The SMILES string of the molecule is CCN(C(=O)CCn1c(C)csc1=O)c1nc2ccccc2s1. The molecule has 1 aromatic carbocycles. The molecule has 0 fully saturated rings. The molecule has 5 nitrogen and oxygen atoms in total. The van der Waals surface area contributed by atoms with Crippen LogP contribution < -0.4 is 9.77 Å². The monoisotopic (exact) mass is 347 g/mol. The average Bonchev–Trinajstić information content (AvgIpc) is 3.10. The minimum Gasteiger partial charge on any atom is -0.303 e. The molecule has 0 bridgehead atoms. The van der Waals surface area contributed by atoms with Crippen LogP contribution in [0.2, 0.25) is 0 Å². The molecule has 0 atom stereocenters. The normalized spacial score (nSPS) is 11.0. The minimum absolute atomic E-state index is 0.0101. The van der Waals surface area contributed by atoms with Gasteiger partial charge in [0.2, 0.25) is 5.91 Å². The van der Waals surface area contributed by atoms with Crippen molar-refractivity contribution in [1.29, 1.82) is 0 Å². The molecule has 0 unspecified atom stereocenters. The van der Waals surface area contributed by atoms with E-state index in [2.05, 4.69) is 4.98 Å². The van der Waals surface area contributed by atoms with Crippen molar-refractivity contribution in [1.82, 2.24) is 9.55 Å². The van der Waals surface area contributed by atoms with E-state index in [1.54, 1.807) is 9.47 Å². The number of nitrogens with zero attached hydrogens (tertiary/aromatic N) is 3. The number of aryl methyl sites for hydroxylation is 1. The van der Waals surface area contributed by atoms with E-state index in [1.165, 1.54) is 22.7 Å². The molecule has 0 spiro atoms. The Kier molecular flexibility index (Phi) is 4.58. The van der Waals surface area contributed by atoms with E-state index in [-0.39, 0.29) is 10.8 Å².